The maximum Gasteiger partial charge on any atom is 0.410 e. The van der Waals surface area contributed by atoms with E-state index in [1.807, 2.05) is 25.7 Å². The standard InChI is InChI=1S/C24H29BN2O2/c1-24(2,3)29-23(28)27-15-13-18(14-16-27)21-17-19-9-7-8-12-22(19)26-25(21)20-10-5-4-6-11-20/h4-12,17-18,26H,13-16H2,1-3H3. The van der Waals surface area contributed by atoms with Crippen molar-refractivity contribution in [3.63, 3.8) is 0 Å². The number of allylic oxidation sites excluding steroid dienone is 1. The van der Waals surface area contributed by atoms with Crippen molar-refractivity contribution in [1.29, 1.82) is 0 Å². The second kappa shape index (κ2) is 7.98. The van der Waals surface area contributed by atoms with Crippen LogP contribution in [0.3, 0.4) is 0 Å². The summed E-state index contributed by atoms with van der Waals surface area (Å²) < 4.78 is 5.55. The van der Waals surface area contributed by atoms with Crippen LogP contribution in [0.1, 0.15) is 39.2 Å². The van der Waals surface area contributed by atoms with Gasteiger partial charge in [-0.2, -0.15) is 0 Å². The Balaban J connectivity index is 1.54. The summed E-state index contributed by atoms with van der Waals surface area (Å²) in [7, 11) is 0. The fourth-order valence-electron chi connectivity index (χ4n) is 4.25. The molecule has 2 aliphatic heterocycles. The lowest BCUT2D eigenvalue weighted by Crippen LogP contribution is -2.47. The number of fused-ring (bicyclic) bond motifs is 1. The number of para-hydroxylation sites is 1. The summed E-state index contributed by atoms with van der Waals surface area (Å²) in [5.74, 6) is 0.444. The quantitative estimate of drug-likeness (QED) is 0.766. The van der Waals surface area contributed by atoms with Gasteiger partial charge in [0.2, 0.25) is 0 Å². The van der Waals surface area contributed by atoms with E-state index in [1.165, 1.54) is 22.2 Å². The Hall–Kier alpha value is -2.69. The molecule has 0 atom stereocenters. The average molecular weight is 388 g/mol. The molecule has 1 N–H and O–H groups in total. The van der Waals surface area contributed by atoms with E-state index in [-0.39, 0.29) is 12.9 Å². The number of nitrogens with zero attached hydrogens (tertiary/aromatic N) is 1. The summed E-state index contributed by atoms with van der Waals surface area (Å²) in [6.07, 6.45) is 4.07. The van der Waals surface area contributed by atoms with Gasteiger partial charge in [-0.15, -0.1) is 0 Å². The molecule has 1 saturated heterocycles. The first-order valence-corrected chi connectivity index (χ1v) is 10.5. The number of hydrogen-bond acceptors (Lipinski definition) is 3. The molecule has 5 heteroatoms. The smallest absolute Gasteiger partial charge is 0.410 e. The monoisotopic (exact) mass is 388 g/mol. The predicted molar refractivity (Wildman–Crippen MR) is 120 cm³/mol. The zero-order valence-corrected chi connectivity index (χ0v) is 17.5. The Morgan fingerprint density at radius 2 is 1.69 bits per heavy atom. The summed E-state index contributed by atoms with van der Waals surface area (Å²) in [6, 6.07) is 19.1. The minimum atomic E-state index is -0.453. The number of ether oxygens (including phenoxy) is 1. The van der Waals surface area contributed by atoms with Crippen LogP contribution in [0.15, 0.2) is 60.1 Å². The number of amides is 1. The van der Waals surface area contributed by atoms with Crippen LogP contribution in [0.25, 0.3) is 6.08 Å². The number of anilines is 1. The molecule has 0 spiro atoms. The van der Waals surface area contributed by atoms with Gasteiger partial charge in [-0.05, 0) is 51.2 Å². The SMILES string of the molecule is CC(C)(C)OC(=O)N1CCC(C2=Cc3ccccc3NB2c2ccccc2)CC1. The van der Waals surface area contributed by atoms with Crippen LogP contribution in [-0.2, 0) is 4.74 Å². The first kappa shape index (κ1) is 19.6. The largest absolute Gasteiger partial charge is 0.444 e. The molecule has 1 amide bonds. The molecule has 2 heterocycles. The number of carbonyl (C=O) groups is 1. The van der Waals surface area contributed by atoms with Crippen molar-refractivity contribution in [3.8, 4) is 0 Å². The Morgan fingerprint density at radius 3 is 2.38 bits per heavy atom. The molecule has 0 bridgehead atoms. The molecule has 0 unspecified atom stereocenters. The number of piperidine rings is 1. The molecule has 2 aromatic rings. The minimum Gasteiger partial charge on any atom is -0.444 e. The highest BCUT2D eigenvalue weighted by Gasteiger charge is 2.35. The minimum absolute atomic E-state index is 0.171. The van der Waals surface area contributed by atoms with Gasteiger partial charge in [0.05, 0.1) is 0 Å². The van der Waals surface area contributed by atoms with Gasteiger partial charge in [0.25, 0.3) is 0 Å². The highest BCUT2D eigenvalue weighted by Crippen LogP contribution is 2.34. The van der Waals surface area contributed by atoms with Crippen LogP contribution in [0.5, 0.6) is 0 Å². The van der Waals surface area contributed by atoms with Crippen molar-refractivity contribution in [2.24, 2.45) is 5.92 Å². The number of carbonyl (C=O) groups excluding carboxylic acids is 1. The molecule has 0 aromatic heterocycles. The molecule has 4 nitrogen and oxygen atoms in total. The summed E-state index contributed by atoms with van der Waals surface area (Å²) >= 11 is 0. The zero-order valence-electron chi connectivity index (χ0n) is 17.5. The molecule has 0 aliphatic carbocycles. The highest BCUT2D eigenvalue weighted by molar-refractivity contribution is 6.83. The summed E-state index contributed by atoms with van der Waals surface area (Å²) in [5, 5.41) is 3.75. The lowest BCUT2D eigenvalue weighted by molar-refractivity contribution is 0.0196. The fourth-order valence-corrected chi connectivity index (χ4v) is 4.25. The van der Waals surface area contributed by atoms with Gasteiger partial charge in [0.1, 0.15) is 5.60 Å². The van der Waals surface area contributed by atoms with Crippen LogP contribution in [0.2, 0.25) is 0 Å². The molecule has 2 aliphatic rings. The normalized spacial score (nSPS) is 17.3. The van der Waals surface area contributed by atoms with E-state index < -0.39 is 5.60 Å². The van der Waals surface area contributed by atoms with Crippen LogP contribution in [0.4, 0.5) is 10.5 Å². The van der Waals surface area contributed by atoms with E-state index in [0.717, 1.165) is 25.9 Å². The summed E-state index contributed by atoms with van der Waals surface area (Å²) in [6.45, 7) is 7.39. The summed E-state index contributed by atoms with van der Waals surface area (Å²) in [4.78, 5) is 14.3. The Labute approximate surface area is 174 Å². The van der Waals surface area contributed by atoms with Crippen molar-refractivity contribution < 1.29 is 9.53 Å². The molecule has 0 saturated carbocycles. The first-order valence-electron chi connectivity index (χ1n) is 10.5. The van der Waals surface area contributed by atoms with Crippen molar-refractivity contribution in [2.45, 2.75) is 39.2 Å². The Morgan fingerprint density at radius 1 is 1.03 bits per heavy atom. The second-order valence-corrected chi connectivity index (χ2v) is 8.96. The molecule has 2 aromatic carbocycles. The molecule has 4 rings (SSSR count). The maximum absolute atomic E-state index is 12.4. The van der Waals surface area contributed by atoms with E-state index in [2.05, 4.69) is 65.9 Å². The third kappa shape index (κ3) is 4.50. The van der Waals surface area contributed by atoms with Gasteiger partial charge in [-0.1, -0.05) is 65.5 Å². The number of likely N-dealkylation sites (tertiary alicyclic amines) is 1. The molecular weight excluding hydrogens is 359 g/mol. The summed E-state index contributed by atoms with van der Waals surface area (Å²) in [5.41, 5.74) is 4.66. The Bertz CT molecular complexity index is 897. The van der Waals surface area contributed by atoms with E-state index in [1.54, 1.807) is 0 Å². The van der Waals surface area contributed by atoms with E-state index >= 15 is 0 Å². The first-order chi connectivity index (χ1) is 13.9. The zero-order chi connectivity index (χ0) is 20.4. The van der Waals surface area contributed by atoms with Gasteiger partial charge in [0.15, 0.2) is 0 Å². The van der Waals surface area contributed by atoms with Gasteiger partial charge in [0, 0.05) is 18.8 Å². The van der Waals surface area contributed by atoms with Crippen LogP contribution in [-0.4, -0.2) is 36.5 Å². The van der Waals surface area contributed by atoms with Crippen molar-refractivity contribution in [2.75, 3.05) is 18.3 Å². The van der Waals surface area contributed by atoms with Crippen molar-refractivity contribution in [1.82, 2.24) is 4.90 Å². The van der Waals surface area contributed by atoms with Crippen molar-refractivity contribution >= 4 is 30.2 Å². The third-order valence-electron chi connectivity index (χ3n) is 5.67. The van der Waals surface area contributed by atoms with Gasteiger partial charge in [-0.25, -0.2) is 4.79 Å². The van der Waals surface area contributed by atoms with Crippen LogP contribution in [0, 0.1) is 5.92 Å². The number of hydrogen-bond donors (Lipinski definition) is 1. The van der Waals surface area contributed by atoms with E-state index in [0.29, 0.717) is 5.92 Å². The molecule has 0 radical (unpaired) electrons. The molecule has 1 fully saturated rings. The van der Waals surface area contributed by atoms with Crippen molar-refractivity contribution in [3.05, 3.63) is 65.6 Å². The number of rotatable bonds is 2. The molecular formula is C24H29BN2O2. The van der Waals surface area contributed by atoms with Crippen LogP contribution >= 0.6 is 0 Å². The Kier molecular flexibility index (Phi) is 5.40. The lowest BCUT2D eigenvalue weighted by atomic mass is 9.45. The van der Waals surface area contributed by atoms with Gasteiger partial charge < -0.3 is 14.9 Å². The van der Waals surface area contributed by atoms with Gasteiger partial charge in [-0.3, -0.25) is 0 Å². The van der Waals surface area contributed by atoms with Gasteiger partial charge >= 0.3 is 12.9 Å². The van der Waals surface area contributed by atoms with E-state index in [4.69, 9.17) is 4.74 Å². The lowest BCUT2D eigenvalue weighted by Gasteiger charge is -2.37. The predicted octanol–water partition coefficient (Wildman–Crippen LogP) is 4.58. The maximum atomic E-state index is 12.4. The highest BCUT2D eigenvalue weighted by atomic mass is 16.6. The van der Waals surface area contributed by atoms with E-state index in [9.17, 15) is 4.79 Å². The second-order valence-electron chi connectivity index (χ2n) is 8.96. The third-order valence-corrected chi connectivity index (χ3v) is 5.67. The topological polar surface area (TPSA) is 41.6 Å². The molecule has 150 valence electrons. The van der Waals surface area contributed by atoms with Crippen LogP contribution < -0.4 is 10.7 Å². The fraction of sp³-hybridized carbons (Fsp3) is 0.375. The molecule has 29 heavy (non-hydrogen) atoms. The number of nitrogens with one attached hydrogen (secondary N) is 1. The average Bonchev–Trinajstić information content (AvgIpc) is 2.72. The number of benzene rings is 2.